The van der Waals surface area contributed by atoms with Crippen molar-refractivity contribution >= 4 is 5.91 Å². The molecule has 1 fully saturated rings. The smallest absolute Gasteiger partial charge is 0.253 e. The van der Waals surface area contributed by atoms with Gasteiger partial charge in [0.1, 0.15) is 5.75 Å². The van der Waals surface area contributed by atoms with E-state index in [-0.39, 0.29) is 5.91 Å². The molecule has 1 aromatic carbocycles. The number of hydrogen-bond acceptors (Lipinski definition) is 3. The molecule has 0 spiro atoms. The van der Waals surface area contributed by atoms with E-state index >= 15 is 0 Å². The Labute approximate surface area is 102 Å². The van der Waals surface area contributed by atoms with Gasteiger partial charge in [0.25, 0.3) is 5.91 Å². The predicted octanol–water partition coefficient (Wildman–Crippen LogP) is 0.987. The van der Waals surface area contributed by atoms with Gasteiger partial charge in [-0.1, -0.05) is 6.07 Å². The van der Waals surface area contributed by atoms with Crippen molar-refractivity contribution in [3.05, 3.63) is 29.8 Å². The molecule has 0 aliphatic carbocycles. The van der Waals surface area contributed by atoms with Crippen LogP contribution in [0.15, 0.2) is 24.3 Å². The Morgan fingerprint density at radius 3 is 2.88 bits per heavy atom. The van der Waals surface area contributed by atoms with E-state index in [1.54, 1.807) is 18.1 Å². The summed E-state index contributed by atoms with van der Waals surface area (Å²) in [5, 5.41) is 3.21. The van der Waals surface area contributed by atoms with Crippen molar-refractivity contribution in [3.63, 3.8) is 0 Å². The maximum Gasteiger partial charge on any atom is 0.253 e. The number of hydrogen-bond donors (Lipinski definition) is 1. The van der Waals surface area contributed by atoms with Gasteiger partial charge >= 0.3 is 0 Å². The summed E-state index contributed by atoms with van der Waals surface area (Å²) >= 11 is 0. The first-order valence-corrected chi connectivity index (χ1v) is 5.81. The first-order chi connectivity index (χ1) is 8.20. The Kier molecular flexibility index (Phi) is 3.64. The number of benzene rings is 1. The molecule has 0 bridgehead atoms. The van der Waals surface area contributed by atoms with Gasteiger partial charge in [0.15, 0.2) is 0 Å². The molecular weight excluding hydrogens is 216 g/mol. The molecule has 92 valence electrons. The van der Waals surface area contributed by atoms with Gasteiger partial charge < -0.3 is 15.0 Å². The highest BCUT2D eigenvalue weighted by atomic mass is 16.5. The second-order valence-corrected chi connectivity index (χ2v) is 4.44. The molecule has 0 saturated carbocycles. The Bertz CT molecular complexity index is 402. The first-order valence-electron chi connectivity index (χ1n) is 5.81. The molecule has 4 nitrogen and oxygen atoms in total. The fraction of sp³-hybridized carbons (Fsp3) is 0.462. The standard InChI is InChI=1S/C13H18N2O2/c1-15(9-10-7-14-8-10)13(16)11-4-3-5-12(6-11)17-2/h3-6,10,14H,7-9H2,1-2H3. The molecular formula is C13H18N2O2. The monoisotopic (exact) mass is 234 g/mol. The lowest BCUT2D eigenvalue weighted by Gasteiger charge is -2.31. The zero-order valence-corrected chi connectivity index (χ0v) is 10.3. The van der Waals surface area contributed by atoms with Crippen molar-refractivity contribution in [2.24, 2.45) is 5.92 Å². The van der Waals surface area contributed by atoms with Crippen molar-refractivity contribution in [1.82, 2.24) is 10.2 Å². The first kappa shape index (κ1) is 11.9. The van der Waals surface area contributed by atoms with E-state index in [0.717, 1.165) is 25.4 Å². The molecule has 1 aliphatic rings. The number of methoxy groups -OCH3 is 1. The zero-order chi connectivity index (χ0) is 12.3. The molecule has 1 N–H and O–H groups in total. The summed E-state index contributed by atoms with van der Waals surface area (Å²) in [6.45, 7) is 2.83. The second-order valence-electron chi connectivity index (χ2n) is 4.44. The van der Waals surface area contributed by atoms with Crippen molar-refractivity contribution < 1.29 is 9.53 Å². The van der Waals surface area contributed by atoms with Gasteiger partial charge in [-0.2, -0.15) is 0 Å². The molecule has 0 atom stereocenters. The zero-order valence-electron chi connectivity index (χ0n) is 10.3. The molecule has 1 aliphatic heterocycles. The number of amides is 1. The maximum absolute atomic E-state index is 12.1. The van der Waals surface area contributed by atoms with E-state index in [4.69, 9.17) is 4.74 Å². The van der Waals surface area contributed by atoms with Crippen LogP contribution in [0.2, 0.25) is 0 Å². The number of rotatable bonds is 4. The molecule has 17 heavy (non-hydrogen) atoms. The van der Waals surface area contributed by atoms with Gasteiger partial charge in [-0.05, 0) is 18.2 Å². The average molecular weight is 234 g/mol. The Morgan fingerprint density at radius 2 is 2.29 bits per heavy atom. The Balaban J connectivity index is 2.01. The lowest BCUT2D eigenvalue weighted by Crippen LogP contribution is -2.48. The number of nitrogens with zero attached hydrogens (tertiary/aromatic N) is 1. The minimum absolute atomic E-state index is 0.0517. The van der Waals surface area contributed by atoms with Crippen molar-refractivity contribution in [2.75, 3.05) is 33.8 Å². The van der Waals surface area contributed by atoms with Gasteiger partial charge in [0, 0.05) is 38.2 Å². The van der Waals surface area contributed by atoms with Crippen LogP contribution in [-0.4, -0.2) is 44.6 Å². The lowest BCUT2D eigenvalue weighted by atomic mass is 10.0. The fourth-order valence-electron chi connectivity index (χ4n) is 1.92. The molecule has 1 saturated heterocycles. The summed E-state index contributed by atoms with van der Waals surface area (Å²) in [6.07, 6.45) is 0. The summed E-state index contributed by atoms with van der Waals surface area (Å²) in [6, 6.07) is 7.27. The SMILES string of the molecule is COc1cccc(C(=O)N(C)CC2CNC2)c1. The molecule has 0 radical (unpaired) electrons. The summed E-state index contributed by atoms with van der Waals surface area (Å²) in [5.41, 5.74) is 0.680. The quantitative estimate of drug-likeness (QED) is 0.844. The van der Waals surface area contributed by atoms with E-state index in [1.807, 2.05) is 25.2 Å². The van der Waals surface area contributed by atoms with Crippen molar-refractivity contribution in [2.45, 2.75) is 0 Å². The van der Waals surface area contributed by atoms with Crippen LogP contribution in [0.25, 0.3) is 0 Å². The van der Waals surface area contributed by atoms with Crippen LogP contribution >= 0.6 is 0 Å². The van der Waals surface area contributed by atoms with Crippen LogP contribution in [0.5, 0.6) is 5.75 Å². The molecule has 4 heteroatoms. The molecule has 1 amide bonds. The molecule has 1 aromatic rings. The number of carbonyl (C=O) groups is 1. The third-order valence-corrected chi connectivity index (χ3v) is 3.06. The summed E-state index contributed by atoms with van der Waals surface area (Å²) in [7, 11) is 3.45. The van der Waals surface area contributed by atoms with E-state index in [1.165, 1.54) is 0 Å². The third kappa shape index (κ3) is 2.77. The van der Waals surface area contributed by atoms with Crippen LogP contribution in [-0.2, 0) is 0 Å². The molecule has 0 aromatic heterocycles. The van der Waals surface area contributed by atoms with Crippen LogP contribution < -0.4 is 10.1 Å². The largest absolute Gasteiger partial charge is 0.497 e. The number of carbonyl (C=O) groups excluding carboxylic acids is 1. The summed E-state index contributed by atoms with van der Waals surface area (Å²) in [5.74, 6) is 1.36. The van der Waals surface area contributed by atoms with Crippen molar-refractivity contribution in [3.8, 4) is 5.75 Å². The van der Waals surface area contributed by atoms with Crippen molar-refractivity contribution in [1.29, 1.82) is 0 Å². The topological polar surface area (TPSA) is 41.6 Å². The number of ether oxygens (including phenoxy) is 1. The molecule has 2 rings (SSSR count). The minimum Gasteiger partial charge on any atom is -0.497 e. The Hall–Kier alpha value is -1.55. The van der Waals surface area contributed by atoms with Gasteiger partial charge in [-0.15, -0.1) is 0 Å². The van der Waals surface area contributed by atoms with E-state index in [9.17, 15) is 4.79 Å². The van der Waals surface area contributed by atoms with Crippen LogP contribution in [0.3, 0.4) is 0 Å². The van der Waals surface area contributed by atoms with Gasteiger partial charge in [-0.25, -0.2) is 0 Å². The highest BCUT2D eigenvalue weighted by molar-refractivity contribution is 5.94. The summed E-state index contributed by atoms with van der Waals surface area (Å²) in [4.78, 5) is 13.9. The molecule has 0 unspecified atom stereocenters. The van der Waals surface area contributed by atoms with Crippen LogP contribution in [0, 0.1) is 5.92 Å². The fourth-order valence-corrected chi connectivity index (χ4v) is 1.92. The highest BCUT2D eigenvalue weighted by Gasteiger charge is 2.21. The van der Waals surface area contributed by atoms with E-state index in [0.29, 0.717) is 11.5 Å². The van der Waals surface area contributed by atoms with Gasteiger partial charge in [-0.3, -0.25) is 4.79 Å². The van der Waals surface area contributed by atoms with E-state index in [2.05, 4.69) is 5.32 Å². The van der Waals surface area contributed by atoms with Crippen LogP contribution in [0.4, 0.5) is 0 Å². The lowest BCUT2D eigenvalue weighted by molar-refractivity contribution is 0.0755. The Morgan fingerprint density at radius 1 is 1.53 bits per heavy atom. The number of nitrogens with one attached hydrogen (secondary N) is 1. The van der Waals surface area contributed by atoms with Crippen LogP contribution in [0.1, 0.15) is 10.4 Å². The molecule has 1 heterocycles. The average Bonchev–Trinajstić information content (AvgIpc) is 2.32. The van der Waals surface area contributed by atoms with Gasteiger partial charge in [0.05, 0.1) is 7.11 Å². The second kappa shape index (κ2) is 5.19. The maximum atomic E-state index is 12.1. The van der Waals surface area contributed by atoms with Gasteiger partial charge in [0.2, 0.25) is 0 Å². The predicted molar refractivity (Wildman–Crippen MR) is 66.3 cm³/mol. The third-order valence-electron chi connectivity index (χ3n) is 3.06. The normalized spacial score (nSPS) is 15.2. The summed E-state index contributed by atoms with van der Waals surface area (Å²) < 4.78 is 5.12. The minimum atomic E-state index is 0.0517. The van der Waals surface area contributed by atoms with E-state index < -0.39 is 0 Å². The highest BCUT2D eigenvalue weighted by Crippen LogP contribution is 2.15.